The average Bonchev–Trinajstić information content (AvgIpc) is 4.04. The van der Waals surface area contributed by atoms with Crippen molar-refractivity contribution in [1.82, 2.24) is 23.9 Å². The highest BCUT2D eigenvalue weighted by Crippen LogP contribution is 2.46. The summed E-state index contributed by atoms with van der Waals surface area (Å²) in [5.41, 5.74) is 10.4. The van der Waals surface area contributed by atoms with Crippen molar-refractivity contribution in [3.63, 3.8) is 0 Å². The molecule has 5 aromatic heterocycles. The summed E-state index contributed by atoms with van der Waals surface area (Å²) in [6.07, 6.45) is 0. The fourth-order valence-corrected chi connectivity index (χ4v) is 9.43. The van der Waals surface area contributed by atoms with Gasteiger partial charge in [-0.05, 0) is 36.4 Å². The van der Waals surface area contributed by atoms with E-state index in [-0.39, 0.29) is 0 Å². The standard InChI is InChI=1S/C52H28N6O/c53-29-32-26-40(52-55-50(30-14-3-1-4-15-30)54-51(56-52)31-16-5-2-6-17-31)49-46(37-20-9-12-25-45(37)59-49)47(32)57-42-24-11-8-19-34(42)38-27-39-36-22-13-21-35-33-18-7-10-23-41(33)58(48(35)36)44(39)28-43(38)57/h1-28H. The average molecular weight is 753 g/mol. The number of hydrogen-bond donors (Lipinski definition) is 0. The minimum atomic E-state index is 0.422. The maximum atomic E-state index is 11.3. The summed E-state index contributed by atoms with van der Waals surface area (Å²) < 4.78 is 11.5. The molecular formula is C52H28N6O. The van der Waals surface area contributed by atoms with Crippen molar-refractivity contribution >= 4 is 81.8 Å². The molecule has 0 saturated carbocycles. The second-order valence-electron chi connectivity index (χ2n) is 15.1. The van der Waals surface area contributed by atoms with Crippen LogP contribution < -0.4 is 0 Å². The first-order valence-corrected chi connectivity index (χ1v) is 19.6. The summed E-state index contributed by atoms with van der Waals surface area (Å²) in [5.74, 6) is 1.49. The van der Waals surface area contributed by atoms with E-state index in [0.717, 1.165) is 54.9 Å². The summed E-state index contributed by atoms with van der Waals surface area (Å²) in [7, 11) is 0. The van der Waals surface area contributed by atoms with Gasteiger partial charge in [-0.15, -0.1) is 0 Å². The van der Waals surface area contributed by atoms with Gasteiger partial charge in [0.25, 0.3) is 0 Å². The molecule has 7 heteroatoms. The second kappa shape index (κ2) is 11.8. The molecule has 0 unspecified atom stereocenters. The smallest absolute Gasteiger partial charge is 0.167 e. The predicted octanol–water partition coefficient (Wildman–Crippen LogP) is 12.9. The number of nitrogens with zero attached hydrogens (tertiary/aromatic N) is 6. The fourth-order valence-electron chi connectivity index (χ4n) is 9.43. The van der Waals surface area contributed by atoms with Gasteiger partial charge in [0, 0.05) is 48.8 Å². The Kier molecular flexibility index (Phi) is 6.38. The van der Waals surface area contributed by atoms with Crippen LogP contribution in [-0.2, 0) is 0 Å². The fraction of sp³-hybridized carbons (Fsp3) is 0. The number of aromatic nitrogens is 5. The zero-order valence-electron chi connectivity index (χ0n) is 31.3. The van der Waals surface area contributed by atoms with Crippen molar-refractivity contribution in [3.05, 3.63) is 175 Å². The van der Waals surface area contributed by atoms with E-state index in [1.54, 1.807) is 0 Å². The van der Waals surface area contributed by atoms with Crippen LogP contribution in [-0.4, -0.2) is 23.9 Å². The van der Waals surface area contributed by atoms with E-state index in [1.807, 2.05) is 84.9 Å². The predicted molar refractivity (Wildman–Crippen MR) is 237 cm³/mol. The van der Waals surface area contributed by atoms with Crippen LogP contribution in [0.4, 0.5) is 0 Å². The van der Waals surface area contributed by atoms with E-state index >= 15 is 0 Å². The summed E-state index contributed by atoms with van der Waals surface area (Å²) in [6.45, 7) is 0. The number of hydrogen-bond acceptors (Lipinski definition) is 5. The van der Waals surface area contributed by atoms with Crippen LogP contribution in [0.3, 0.4) is 0 Å². The minimum Gasteiger partial charge on any atom is -0.455 e. The Morgan fingerprint density at radius 1 is 0.458 bits per heavy atom. The van der Waals surface area contributed by atoms with E-state index in [0.29, 0.717) is 39.8 Å². The van der Waals surface area contributed by atoms with E-state index in [1.165, 1.54) is 32.6 Å². The third-order valence-corrected chi connectivity index (χ3v) is 11.9. The second-order valence-corrected chi connectivity index (χ2v) is 15.1. The Hall–Kier alpha value is -8.34. The Labute approximate surface area is 335 Å². The molecule has 0 atom stereocenters. The highest BCUT2D eigenvalue weighted by atomic mass is 16.3. The summed E-state index contributed by atoms with van der Waals surface area (Å²) in [4.78, 5) is 15.1. The van der Waals surface area contributed by atoms with Crippen molar-refractivity contribution < 1.29 is 4.42 Å². The zero-order chi connectivity index (χ0) is 38.8. The normalized spacial score (nSPS) is 12.1. The number of rotatable bonds is 4. The zero-order valence-corrected chi connectivity index (χ0v) is 31.3. The quantitative estimate of drug-likeness (QED) is 0.179. The molecule has 0 aliphatic carbocycles. The van der Waals surface area contributed by atoms with Gasteiger partial charge in [0.1, 0.15) is 17.2 Å². The van der Waals surface area contributed by atoms with Crippen LogP contribution in [0, 0.1) is 11.3 Å². The third-order valence-electron chi connectivity index (χ3n) is 11.9. The van der Waals surface area contributed by atoms with Crippen molar-refractivity contribution in [2.75, 3.05) is 0 Å². The minimum absolute atomic E-state index is 0.422. The molecule has 272 valence electrons. The molecule has 0 amide bonds. The van der Waals surface area contributed by atoms with Crippen molar-refractivity contribution in [3.8, 4) is 45.9 Å². The molecular weight excluding hydrogens is 725 g/mol. The van der Waals surface area contributed by atoms with Gasteiger partial charge in [0.2, 0.25) is 0 Å². The Morgan fingerprint density at radius 3 is 1.73 bits per heavy atom. The highest BCUT2D eigenvalue weighted by molar-refractivity contribution is 6.26. The van der Waals surface area contributed by atoms with Crippen LogP contribution in [0.5, 0.6) is 0 Å². The maximum Gasteiger partial charge on any atom is 0.167 e. The molecule has 8 aromatic carbocycles. The van der Waals surface area contributed by atoms with E-state index < -0.39 is 0 Å². The molecule has 0 aliphatic heterocycles. The molecule has 13 rings (SSSR count). The summed E-state index contributed by atoms with van der Waals surface area (Å²) >= 11 is 0. The highest BCUT2D eigenvalue weighted by Gasteiger charge is 2.27. The molecule has 0 aliphatic rings. The molecule has 13 aromatic rings. The van der Waals surface area contributed by atoms with Gasteiger partial charge in [-0.3, -0.25) is 0 Å². The lowest BCUT2D eigenvalue weighted by Crippen LogP contribution is -2.03. The Bertz CT molecular complexity index is 3850. The van der Waals surface area contributed by atoms with Crippen molar-refractivity contribution in [2.24, 2.45) is 0 Å². The first-order chi connectivity index (χ1) is 29.2. The lowest BCUT2D eigenvalue weighted by Gasteiger charge is -2.15. The lowest BCUT2D eigenvalue weighted by atomic mass is 10.0. The first kappa shape index (κ1) is 31.8. The lowest BCUT2D eigenvalue weighted by molar-refractivity contribution is 0.669. The van der Waals surface area contributed by atoms with Crippen molar-refractivity contribution in [1.29, 1.82) is 5.26 Å². The van der Waals surface area contributed by atoms with Gasteiger partial charge in [-0.2, -0.15) is 5.26 Å². The van der Waals surface area contributed by atoms with Crippen LogP contribution in [0.25, 0.3) is 122 Å². The van der Waals surface area contributed by atoms with Gasteiger partial charge >= 0.3 is 0 Å². The molecule has 7 nitrogen and oxygen atoms in total. The van der Waals surface area contributed by atoms with Gasteiger partial charge in [-0.1, -0.05) is 133 Å². The topological polar surface area (TPSA) is 84.9 Å². The van der Waals surface area contributed by atoms with Crippen LogP contribution in [0.2, 0.25) is 0 Å². The number of furan rings is 1. The first-order valence-electron chi connectivity index (χ1n) is 19.6. The van der Waals surface area contributed by atoms with Gasteiger partial charge in [0.05, 0.1) is 49.8 Å². The van der Waals surface area contributed by atoms with Gasteiger partial charge in [0.15, 0.2) is 17.5 Å². The van der Waals surface area contributed by atoms with E-state index in [2.05, 4.69) is 100.0 Å². The monoisotopic (exact) mass is 752 g/mol. The maximum absolute atomic E-state index is 11.3. The molecule has 5 heterocycles. The third kappa shape index (κ3) is 4.37. The molecule has 59 heavy (non-hydrogen) atoms. The van der Waals surface area contributed by atoms with E-state index in [9.17, 15) is 5.26 Å². The summed E-state index contributed by atoms with van der Waals surface area (Å²) in [6, 6.07) is 60.7. The number of benzene rings is 8. The SMILES string of the molecule is N#Cc1cc(-c2nc(-c3ccccc3)nc(-c3ccccc3)n2)c2oc3ccccc3c2c1-n1c2ccccc2c2cc3c4cccc5c6ccccc6n(c3cc21)c54. The summed E-state index contributed by atoms with van der Waals surface area (Å²) in [5, 5.41) is 20.1. The Balaban J connectivity index is 1.17. The van der Waals surface area contributed by atoms with Gasteiger partial charge < -0.3 is 13.4 Å². The number of para-hydroxylation sites is 4. The van der Waals surface area contributed by atoms with Crippen LogP contribution >= 0.6 is 0 Å². The number of nitriles is 1. The van der Waals surface area contributed by atoms with Gasteiger partial charge in [-0.25, -0.2) is 15.0 Å². The van der Waals surface area contributed by atoms with Crippen molar-refractivity contribution in [2.45, 2.75) is 0 Å². The molecule has 0 bridgehead atoms. The van der Waals surface area contributed by atoms with E-state index in [4.69, 9.17) is 19.4 Å². The molecule has 0 N–H and O–H groups in total. The van der Waals surface area contributed by atoms with Crippen LogP contribution in [0.1, 0.15) is 5.56 Å². The largest absolute Gasteiger partial charge is 0.455 e. The molecule has 0 radical (unpaired) electrons. The number of fused-ring (bicyclic) bond motifs is 12. The Morgan fingerprint density at radius 2 is 1.02 bits per heavy atom. The molecule has 0 saturated heterocycles. The molecule has 0 fully saturated rings. The molecule has 0 spiro atoms. The van der Waals surface area contributed by atoms with Crippen LogP contribution in [0.15, 0.2) is 174 Å².